The lowest BCUT2D eigenvalue weighted by molar-refractivity contribution is -0.121. The van der Waals surface area contributed by atoms with E-state index in [-0.39, 0.29) is 24.7 Å². The second kappa shape index (κ2) is 3.91. The first-order valence-corrected chi connectivity index (χ1v) is 6.71. The summed E-state index contributed by atoms with van der Waals surface area (Å²) in [5.41, 5.74) is 6.73. The number of anilines is 1. The first-order valence-electron chi connectivity index (χ1n) is 5.89. The molecule has 1 aliphatic carbocycles. The van der Waals surface area contributed by atoms with E-state index >= 15 is 0 Å². The number of imide groups is 1. The molecule has 1 fully saturated rings. The summed E-state index contributed by atoms with van der Waals surface area (Å²) >= 11 is 1.37. The van der Waals surface area contributed by atoms with Crippen molar-refractivity contribution in [3.05, 3.63) is 16.0 Å². The lowest BCUT2D eigenvalue weighted by atomic mass is 10.1. The summed E-state index contributed by atoms with van der Waals surface area (Å²) in [6.07, 6.45) is 3.15. The molecule has 1 aromatic heterocycles. The number of carbonyl (C=O) groups is 3. The second-order valence-corrected chi connectivity index (χ2v) is 5.61. The van der Waals surface area contributed by atoms with E-state index < -0.39 is 5.91 Å². The van der Waals surface area contributed by atoms with Gasteiger partial charge < -0.3 is 5.73 Å². The summed E-state index contributed by atoms with van der Waals surface area (Å²) in [4.78, 5) is 37.3. The first-order chi connectivity index (χ1) is 8.59. The number of rotatable bonds is 2. The predicted molar refractivity (Wildman–Crippen MR) is 66.6 cm³/mol. The minimum atomic E-state index is -0.545. The number of carbonyl (C=O) groups excluding carboxylic acids is 3. The molecule has 0 spiro atoms. The van der Waals surface area contributed by atoms with Gasteiger partial charge in [-0.1, -0.05) is 0 Å². The SMILES string of the molecule is NC(=O)c1c(N2C(=O)CCC2=O)sc2c1CCC2. The van der Waals surface area contributed by atoms with Gasteiger partial charge in [0.25, 0.3) is 5.91 Å². The summed E-state index contributed by atoms with van der Waals surface area (Å²) in [6.45, 7) is 0. The van der Waals surface area contributed by atoms with E-state index in [1.165, 1.54) is 11.3 Å². The topological polar surface area (TPSA) is 80.5 Å². The summed E-state index contributed by atoms with van der Waals surface area (Å²) in [5.74, 6) is -1.01. The summed E-state index contributed by atoms with van der Waals surface area (Å²) in [7, 11) is 0. The summed E-state index contributed by atoms with van der Waals surface area (Å²) in [5, 5.41) is 0.444. The second-order valence-electron chi connectivity index (χ2n) is 4.52. The third kappa shape index (κ3) is 1.49. The van der Waals surface area contributed by atoms with E-state index in [9.17, 15) is 14.4 Å². The molecule has 1 aromatic rings. The van der Waals surface area contributed by atoms with Gasteiger partial charge in [-0.25, -0.2) is 4.90 Å². The van der Waals surface area contributed by atoms with Crippen LogP contribution in [0.25, 0.3) is 0 Å². The van der Waals surface area contributed by atoms with Crippen molar-refractivity contribution in [2.45, 2.75) is 32.1 Å². The Labute approximate surface area is 108 Å². The highest BCUT2D eigenvalue weighted by Gasteiger charge is 2.36. The maximum absolute atomic E-state index is 11.7. The molecular formula is C12H12N2O3S. The summed E-state index contributed by atoms with van der Waals surface area (Å²) in [6, 6.07) is 0. The smallest absolute Gasteiger partial charge is 0.252 e. The van der Waals surface area contributed by atoms with Crippen molar-refractivity contribution in [2.75, 3.05) is 4.90 Å². The van der Waals surface area contributed by atoms with E-state index in [0.717, 1.165) is 34.6 Å². The van der Waals surface area contributed by atoms with Crippen molar-refractivity contribution in [2.24, 2.45) is 5.73 Å². The van der Waals surface area contributed by atoms with E-state index in [4.69, 9.17) is 5.73 Å². The van der Waals surface area contributed by atoms with Gasteiger partial charge in [0.1, 0.15) is 5.00 Å². The zero-order chi connectivity index (χ0) is 12.9. The van der Waals surface area contributed by atoms with Crippen LogP contribution in [0.4, 0.5) is 5.00 Å². The van der Waals surface area contributed by atoms with Crippen molar-refractivity contribution < 1.29 is 14.4 Å². The Kier molecular flexibility index (Phi) is 2.48. The number of nitrogens with two attached hydrogens (primary N) is 1. The average molecular weight is 264 g/mol. The Morgan fingerprint density at radius 3 is 2.39 bits per heavy atom. The molecule has 3 amide bonds. The molecule has 0 aromatic carbocycles. The molecule has 0 bridgehead atoms. The highest BCUT2D eigenvalue weighted by atomic mass is 32.1. The fraction of sp³-hybridized carbons (Fsp3) is 0.417. The number of primary amides is 1. The molecule has 0 unspecified atom stereocenters. The van der Waals surface area contributed by atoms with Gasteiger partial charge in [-0.15, -0.1) is 11.3 Å². The molecule has 18 heavy (non-hydrogen) atoms. The van der Waals surface area contributed by atoms with Gasteiger partial charge in [-0.2, -0.15) is 0 Å². The number of hydrogen-bond donors (Lipinski definition) is 1. The molecule has 2 N–H and O–H groups in total. The van der Waals surface area contributed by atoms with Gasteiger partial charge in [0, 0.05) is 17.7 Å². The Morgan fingerprint density at radius 1 is 1.11 bits per heavy atom. The van der Waals surface area contributed by atoms with Crippen LogP contribution in [0, 0.1) is 0 Å². The lowest BCUT2D eigenvalue weighted by Gasteiger charge is -2.13. The molecule has 2 heterocycles. The summed E-state index contributed by atoms with van der Waals surface area (Å²) < 4.78 is 0. The minimum absolute atomic E-state index is 0.222. The van der Waals surface area contributed by atoms with Crippen molar-refractivity contribution in [3.63, 3.8) is 0 Å². The molecule has 0 saturated carbocycles. The van der Waals surface area contributed by atoms with Crippen LogP contribution in [0.3, 0.4) is 0 Å². The zero-order valence-corrected chi connectivity index (χ0v) is 10.5. The van der Waals surface area contributed by atoms with Crippen LogP contribution in [0.15, 0.2) is 0 Å². The van der Waals surface area contributed by atoms with Gasteiger partial charge in [0.15, 0.2) is 0 Å². The monoisotopic (exact) mass is 264 g/mol. The maximum Gasteiger partial charge on any atom is 0.252 e. The molecule has 3 rings (SSSR count). The maximum atomic E-state index is 11.7. The standard InChI is InChI=1S/C12H12N2O3S/c13-11(17)10-6-2-1-3-7(6)18-12(10)14-8(15)4-5-9(14)16/h1-5H2,(H2,13,17). The number of nitrogens with zero attached hydrogens (tertiary/aromatic N) is 1. The number of thiophene rings is 1. The van der Waals surface area contributed by atoms with Gasteiger partial charge in [-0.3, -0.25) is 14.4 Å². The molecular weight excluding hydrogens is 252 g/mol. The molecule has 0 radical (unpaired) electrons. The highest BCUT2D eigenvalue weighted by molar-refractivity contribution is 7.17. The average Bonchev–Trinajstić information content (AvgIpc) is 2.92. The first kappa shape index (κ1) is 11.4. The van der Waals surface area contributed by atoms with Crippen molar-refractivity contribution in [1.82, 2.24) is 0 Å². The Morgan fingerprint density at radius 2 is 1.78 bits per heavy atom. The fourth-order valence-corrected chi connectivity index (χ4v) is 4.03. The van der Waals surface area contributed by atoms with Gasteiger partial charge in [0.2, 0.25) is 11.8 Å². The normalized spacial score (nSPS) is 18.6. The van der Waals surface area contributed by atoms with Gasteiger partial charge >= 0.3 is 0 Å². The van der Waals surface area contributed by atoms with Crippen molar-refractivity contribution in [1.29, 1.82) is 0 Å². The molecule has 5 nitrogen and oxygen atoms in total. The van der Waals surface area contributed by atoms with Crippen LogP contribution in [0.5, 0.6) is 0 Å². The van der Waals surface area contributed by atoms with Crippen LogP contribution >= 0.6 is 11.3 Å². The minimum Gasteiger partial charge on any atom is -0.365 e. The Bertz CT molecular complexity index is 560. The quantitative estimate of drug-likeness (QED) is 0.809. The molecule has 2 aliphatic rings. The van der Waals surface area contributed by atoms with E-state index in [1.807, 2.05) is 0 Å². The van der Waals surface area contributed by atoms with Crippen molar-refractivity contribution >= 4 is 34.1 Å². The Balaban J connectivity index is 2.15. The van der Waals surface area contributed by atoms with Crippen LogP contribution in [-0.2, 0) is 22.4 Å². The third-order valence-electron chi connectivity index (χ3n) is 3.40. The van der Waals surface area contributed by atoms with Crippen molar-refractivity contribution in [3.8, 4) is 0 Å². The van der Waals surface area contributed by atoms with E-state index in [2.05, 4.69) is 0 Å². The molecule has 1 aliphatic heterocycles. The zero-order valence-electron chi connectivity index (χ0n) is 9.69. The Hall–Kier alpha value is -1.69. The number of fused-ring (bicyclic) bond motifs is 1. The molecule has 6 heteroatoms. The molecule has 1 saturated heterocycles. The largest absolute Gasteiger partial charge is 0.365 e. The lowest BCUT2D eigenvalue weighted by Crippen LogP contribution is -2.30. The van der Waals surface area contributed by atoms with Crippen LogP contribution in [0.1, 0.15) is 40.1 Å². The van der Waals surface area contributed by atoms with Crippen LogP contribution in [-0.4, -0.2) is 17.7 Å². The molecule has 0 atom stereocenters. The van der Waals surface area contributed by atoms with Gasteiger partial charge in [0.05, 0.1) is 5.56 Å². The third-order valence-corrected chi connectivity index (χ3v) is 4.68. The molecule has 94 valence electrons. The van der Waals surface area contributed by atoms with Gasteiger partial charge in [-0.05, 0) is 24.8 Å². The number of amides is 3. The number of hydrogen-bond acceptors (Lipinski definition) is 4. The van der Waals surface area contributed by atoms with Crippen LogP contribution in [0.2, 0.25) is 0 Å². The highest BCUT2D eigenvalue weighted by Crippen LogP contribution is 2.42. The number of aryl methyl sites for hydroxylation is 1. The fourth-order valence-electron chi connectivity index (χ4n) is 2.60. The van der Waals surface area contributed by atoms with E-state index in [1.54, 1.807) is 0 Å². The predicted octanol–water partition coefficient (Wildman–Crippen LogP) is 0.989. The van der Waals surface area contributed by atoms with Crippen LogP contribution < -0.4 is 10.6 Å². The van der Waals surface area contributed by atoms with E-state index in [0.29, 0.717) is 10.6 Å².